The third kappa shape index (κ3) is 4.69. The molecule has 28 heavy (non-hydrogen) atoms. The summed E-state index contributed by atoms with van der Waals surface area (Å²) in [6, 6.07) is 10.3. The molecule has 1 aromatic heterocycles. The summed E-state index contributed by atoms with van der Waals surface area (Å²) in [6.07, 6.45) is 0. The Morgan fingerprint density at radius 1 is 1.00 bits per heavy atom. The number of ether oxygens (including phenoxy) is 2. The van der Waals surface area contributed by atoms with Crippen LogP contribution >= 0.6 is 11.3 Å². The normalized spacial score (nSPS) is 13.9. The van der Waals surface area contributed by atoms with Gasteiger partial charge in [-0.2, -0.15) is 0 Å². The third-order valence-corrected chi connectivity index (χ3v) is 5.24. The lowest BCUT2D eigenvalue weighted by Crippen LogP contribution is -2.51. The van der Waals surface area contributed by atoms with Crippen LogP contribution in [0.4, 0.5) is 0 Å². The predicted octanol–water partition coefficient (Wildman–Crippen LogP) is 2.29. The molecule has 2 amide bonds. The first-order chi connectivity index (χ1) is 13.6. The molecule has 0 atom stereocenters. The van der Waals surface area contributed by atoms with E-state index in [1.807, 2.05) is 11.4 Å². The number of para-hydroxylation sites is 1. The van der Waals surface area contributed by atoms with Gasteiger partial charge in [0.2, 0.25) is 0 Å². The van der Waals surface area contributed by atoms with Gasteiger partial charge in [0.05, 0.1) is 11.5 Å². The molecular formula is C20H22N2O5S. The fourth-order valence-corrected chi connectivity index (χ4v) is 3.61. The molecule has 0 unspecified atom stereocenters. The zero-order valence-corrected chi connectivity index (χ0v) is 16.4. The minimum absolute atomic E-state index is 0.00159. The summed E-state index contributed by atoms with van der Waals surface area (Å²) in [5.74, 6) is -0.337. The van der Waals surface area contributed by atoms with Crippen molar-refractivity contribution in [2.24, 2.45) is 0 Å². The van der Waals surface area contributed by atoms with Gasteiger partial charge in [0.15, 0.2) is 6.61 Å². The van der Waals surface area contributed by atoms with Gasteiger partial charge >= 0.3 is 5.97 Å². The number of piperazine rings is 1. The van der Waals surface area contributed by atoms with E-state index < -0.39 is 5.97 Å². The highest BCUT2D eigenvalue weighted by Crippen LogP contribution is 2.19. The molecule has 2 heterocycles. The highest BCUT2D eigenvalue weighted by Gasteiger charge is 2.25. The molecule has 1 aromatic carbocycles. The highest BCUT2D eigenvalue weighted by molar-refractivity contribution is 7.12. The van der Waals surface area contributed by atoms with Gasteiger partial charge in [0.1, 0.15) is 11.3 Å². The van der Waals surface area contributed by atoms with Crippen molar-refractivity contribution in [3.05, 3.63) is 52.2 Å². The smallest absolute Gasteiger partial charge is 0.341 e. The van der Waals surface area contributed by atoms with Crippen molar-refractivity contribution in [3.8, 4) is 5.75 Å². The summed E-state index contributed by atoms with van der Waals surface area (Å²) in [6.45, 7) is 3.71. The van der Waals surface area contributed by atoms with Gasteiger partial charge in [-0.3, -0.25) is 9.59 Å². The number of thiophene rings is 1. The van der Waals surface area contributed by atoms with Gasteiger partial charge in [-0.1, -0.05) is 18.2 Å². The Kier molecular flexibility index (Phi) is 6.65. The number of amides is 2. The molecule has 0 radical (unpaired) electrons. The Hall–Kier alpha value is -2.87. The molecule has 0 aliphatic carbocycles. The first-order valence-electron chi connectivity index (χ1n) is 9.09. The van der Waals surface area contributed by atoms with Crippen LogP contribution in [0.2, 0.25) is 0 Å². The van der Waals surface area contributed by atoms with E-state index in [2.05, 4.69) is 0 Å². The Bertz CT molecular complexity index is 829. The average molecular weight is 402 g/mol. The van der Waals surface area contributed by atoms with E-state index in [0.29, 0.717) is 42.4 Å². The maximum absolute atomic E-state index is 12.5. The molecule has 1 aliphatic rings. The first kappa shape index (κ1) is 19.9. The van der Waals surface area contributed by atoms with Gasteiger partial charge in [0.25, 0.3) is 11.8 Å². The zero-order chi connectivity index (χ0) is 19.9. The van der Waals surface area contributed by atoms with Gasteiger partial charge in [-0.15, -0.1) is 11.3 Å². The van der Waals surface area contributed by atoms with Crippen molar-refractivity contribution in [2.45, 2.75) is 6.92 Å². The molecule has 1 saturated heterocycles. The Labute approximate surface area is 167 Å². The summed E-state index contributed by atoms with van der Waals surface area (Å²) in [5, 5.41) is 1.87. The average Bonchev–Trinajstić information content (AvgIpc) is 3.27. The van der Waals surface area contributed by atoms with Crippen LogP contribution in [-0.2, 0) is 9.53 Å². The van der Waals surface area contributed by atoms with Crippen LogP contribution < -0.4 is 4.74 Å². The standard InChI is InChI=1S/C20H22N2O5S/c1-2-26-20(25)15-6-3-4-7-16(15)27-14-18(23)21-9-11-22(12-10-21)19(24)17-8-5-13-28-17/h3-8,13H,2,9-12,14H2,1H3. The van der Waals surface area contributed by atoms with Crippen molar-refractivity contribution >= 4 is 29.1 Å². The quantitative estimate of drug-likeness (QED) is 0.693. The molecule has 0 spiro atoms. The lowest BCUT2D eigenvalue weighted by Gasteiger charge is -2.34. The number of nitrogens with zero attached hydrogens (tertiary/aromatic N) is 2. The summed E-state index contributed by atoms with van der Waals surface area (Å²) in [4.78, 5) is 40.9. The summed E-state index contributed by atoms with van der Waals surface area (Å²) in [5.41, 5.74) is 0.295. The van der Waals surface area contributed by atoms with E-state index in [9.17, 15) is 14.4 Å². The maximum atomic E-state index is 12.5. The fourth-order valence-electron chi connectivity index (χ4n) is 2.92. The molecule has 0 bridgehead atoms. The van der Waals surface area contributed by atoms with Gasteiger partial charge in [0, 0.05) is 26.2 Å². The van der Waals surface area contributed by atoms with Crippen LogP contribution in [0.1, 0.15) is 27.0 Å². The van der Waals surface area contributed by atoms with Crippen molar-refractivity contribution in [1.29, 1.82) is 0 Å². The number of carbonyl (C=O) groups excluding carboxylic acids is 3. The second-order valence-electron chi connectivity index (χ2n) is 6.16. The van der Waals surface area contributed by atoms with Crippen molar-refractivity contribution < 1.29 is 23.9 Å². The van der Waals surface area contributed by atoms with Gasteiger partial charge < -0.3 is 19.3 Å². The van der Waals surface area contributed by atoms with E-state index in [0.717, 1.165) is 0 Å². The topological polar surface area (TPSA) is 76.2 Å². The molecule has 1 fully saturated rings. The number of hydrogen-bond donors (Lipinski definition) is 0. The Balaban J connectivity index is 1.52. The maximum Gasteiger partial charge on any atom is 0.341 e. The minimum Gasteiger partial charge on any atom is -0.483 e. The Morgan fingerprint density at radius 2 is 1.71 bits per heavy atom. The number of benzene rings is 1. The van der Waals surface area contributed by atoms with E-state index in [1.165, 1.54) is 11.3 Å². The van der Waals surface area contributed by atoms with Crippen LogP contribution in [0.3, 0.4) is 0 Å². The molecule has 8 heteroatoms. The SMILES string of the molecule is CCOC(=O)c1ccccc1OCC(=O)N1CCN(C(=O)c2cccs2)CC1. The summed E-state index contributed by atoms with van der Waals surface area (Å²) < 4.78 is 10.6. The lowest BCUT2D eigenvalue weighted by atomic mass is 10.2. The van der Waals surface area contributed by atoms with E-state index >= 15 is 0 Å². The molecule has 148 valence electrons. The molecule has 0 N–H and O–H groups in total. The zero-order valence-electron chi connectivity index (χ0n) is 15.6. The minimum atomic E-state index is -0.480. The van der Waals surface area contributed by atoms with Gasteiger partial charge in [-0.05, 0) is 30.5 Å². The first-order valence-corrected chi connectivity index (χ1v) is 9.97. The fraction of sp³-hybridized carbons (Fsp3) is 0.350. The van der Waals surface area contributed by atoms with E-state index in [1.54, 1.807) is 47.1 Å². The summed E-state index contributed by atoms with van der Waals surface area (Å²) >= 11 is 1.42. The highest BCUT2D eigenvalue weighted by atomic mass is 32.1. The molecule has 3 rings (SSSR count). The number of esters is 1. The molecular weight excluding hydrogens is 380 g/mol. The predicted molar refractivity (Wildman–Crippen MR) is 105 cm³/mol. The lowest BCUT2D eigenvalue weighted by molar-refractivity contribution is -0.134. The molecule has 0 saturated carbocycles. The van der Waals surface area contributed by atoms with Crippen molar-refractivity contribution in [2.75, 3.05) is 39.4 Å². The Morgan fingerprint density at radius 3 is 2.39 bits per heavy atom. The van der Waals surface area contributed by atoms with Crippen LogP contribution in [0.25, 0.3) is 0 Å². The molecule has 1 aliphatic heterocycles. The summed E-state index contributed by atoms with van der Waals surface area (Å²) in [7, 11) is 0. The van der Waals surface area contributed by atoms with Gasteiger partial charge in [-0.25, -0.2) is 4.79 Å². The van der Waals surface area contributed by atoms with Crippen LogP contribution in [0.15, 0.2) is 41.8 Å². The number of carbonyl (C=O) groups is 3. The van der Waals surface area contributed by atoms with Crippen LogP contribution in [-0.4, -0.2) is 67.0 Å². The van der Waals surface area contributed by atoms with Crippen LogP contribution in [0.5, 0.6) is 5.75 Å². The molecule has 2 aromatic rings. The van der Waals surface area contributed by atoms with Crippen LogP contribution in [0, 0.1) is 0 Å². The second-order valence-corrected chi connectivity index (χ2v) is 7.10. The van der Waals surface area contributed by atoms with Crippen molar-refractivity contribution in [1.82, 2.24) is 9.80 Å². The third-order valence-electron chi connectivity index (χ3n) is 4.39. The van der Waals surface area contributed by atoms with E-state index in [4.69, 9.17) is 9.47 Å². The number of rotatable bonds is 6. The van der Waals surface area contributed by atoms with E-state index in [-0.39, 0.29) is 25.0 Å². The largest absolute Gasteiger partial charge is 0.483 e. The monoisotopic (exact) mass is 402 g/mol. The second kappa shape index (κ2) is 9.36. The molecule has 7 nitrogen and oxygen atoms in total. The van der Waals surface area contributed by atoms with Crippen molar-refractivity contribution in [3.63, 3.8) is 0 Å². The number of hydrogen-bond acceptors (Lipinski definition) is 6.